The van der Waals surface area contributed by atoms with Crippen LogP contribution in [-0.4, -0.2) is 14.7 Å². The highest BCUT2D eigenvalue weighted by molar-refractivity contribution is 8.00. The summed E-state index contributed by atoms with van der Waals surface area (Å²) in [5.74, 6) is 5.58. The Morgan fingerprint density at radius 1 is 1.50 bits per heavy atom. The lowest BCUT2D eigenvalue weighted by Crippen LogP contribution is -2.12. The lowest BCUT2D eigenvalue weighted by Gasteiger charge is -2.17. The Hall–Kier alpha value is -0.520. The molecule has 0 aliphatic rings. The van der Waals surface area contributed by atoms with Crippen LogP contribution in [0, 0.1) is 0 Å². The van der Waals surface area contributed by atoms with Crippen molar-refractivity contribution in [2.75, 3.05) is 5.43 Å². The van der Waals surface area contributed by atoms with Gasteiger partial charge in [-0.2, -0.15) is 0 Å². The molecule has 0 bridgehead atoms. The van der Waals surface area contributed by atoms with Gasteiger partial charge in [-0.15, -0.1) is 0 Å². The number of hydrogen-bond acceptors (Lipinski definition) is 5. The van der Waals surface area contributed by atoms with Crippen molar-refractivity contribution in [2.45, 2.75) is 30.5 Å². The van der Waals surface area contributed by atoms with Crippen molar-refractivity contribution in [1.29, 1.82) is 0 Å². The van der Waals surface area contributed by atoms with E-state index in [-0.39, 0.29) is 4.75 Å². The van der Waals surface area contributed by atoms with Crippen LogP contribution in [0.25, 0.3) is 0 Å². The lowest BCUT2D eigenvalue weighted by atomic mass is 10.3. The maximum absolute atomic E-state index is 5.94. The van der Waals surface area contributed by atoms with Crippen molar-refractivity contribution >= 4 is 29.3 Å². The van der Waals surface area contributed by atoms with Gasteiger partial charge < -0.3 is 0 Å². The molecule has 0 atom stereocenters. The van der Waals surface area contributed by atoms with E-state index in [1.54, 1.807) is 11.8 Å². The smallest absolute Gasteiger partial charge is 0.238 e. The molecule has 0 aliphatic carbocycles. The molecule has 0 spiro atoms. The third-order valence-electron chi connectivity index (χ3n) is 1.24. The fraction of sp³-hybridized carbons (Fsp3) is 0.500. The second-order valence-corrected chi connectivity index (χ2v) is 5.93. The molecule has 1 heterocycles. The number of nitrogens with two attached hydrogens (primary N) is 1. The normalized spacial score (nSPS) is 11.5. The molecule has 0 saturated carbocycles. The lowest BCUT2D eigenvalue weighted by molar-refractivity contribution is 0.798. The minimum Gasteiger partial charge on any atom is -0.292 e. The average molecular weight is 233 g/mol. The molecule has 4 nitrogen and oxygen atoms in total. The second-order valence-electron chi connectivity index (χ2n) is 3.71. The summed E-state index contributed by atoms with van der Waals surface area (Å²) in [6.45, 7) is 6.27. The summed E-state index contributed by atoms with van der Waals surface area (Å²) in [5, 5.41) is 1.28. The third-order valence-corrected chi connectivity index (χ3v) is 2.75. The molecule has 3 N–H and O–H groups in total. The molecule has 0 aromatic carbocycles. The van der Waals surface area contributed by atoms with Crippen LogP contribution in [0.1, 0.15) is 20.8 Å². The fourth-order valence-electron chi connectivity index (χ4n) is 0.783. The van der Waals surface area contributed by atoms with Gasteiger partial charge in [0.05, 0.1) is 11.2 Å². The van der Waals surface area contributed by atoms with Crippen LogP contribution in [0.4, 0.5) is 5.95 Å². The summed E-state index contributed by atoms with van der Waals surface area (Å²) in [5.41, 5.74) is 2.39. The number of anilines is 1. The topological polar surface area (TPSA) is 63.8 Å². The van der Waals surface area contributed by atoms with Gasteiger partial charge in [-0.05, 0) is 0 Å². The molecule has 1 aromatic heterocycles. The third kappa shape index (κ3) is 3.32. The van der Waals surface area contributed by atoms with Gasteiger partial charge in [-0.1, -0.05) is 44.1 Å². The molecule has 14 heavy (non-hydrogen) atoms. The van der Waals surface area contributed by atoms with Crippen molar-refractivity contribution in [3.63, 3.8) is 0 Å². The summed E-state index contributed by atoms with van der Waals surface area (Å²) < 4.78 is 0.0594. The summed E-state index contributed by atoms with van der Waals surface area (Å²) in [4.78, 5) is 8.05. The largest absolute Gasteiger partial charge is 0.292 e. The van der Waals surface area contributed by atoms with E-state index in [1.165, 1.54) is 6.20 Å². The number of nitrogen functional groups attached to an aromatic ring is 1. The Labute approximate surface area is 92.6 Å². The van der Waals surface area contributed by atoms with Crippen LogP contribution in [-0.2, 0) is 0 Å². The van der Waals surface area contributed by atoms with Gasteiger partial charge in [0, 0.05) is 4.75 Å². The molecular formula is C8H13ClN4S. The minimum atomic E-state index is 0.0594. The molecule has 0 fully saturated rings. The van der Waals surface area contributed by atoms with E-state index in [1.807, 2.05) is 0 Å². The first-order chi connectivity index (χ1) is 6.42. The van der Waals surface area contributed by atoms with Crippen LogP contribution in [0.5, 0.6) is 0 Å². The van der Waals surface area contributed by atoms with Crippen molar-refractivity contribution < 1.29 is 0 Å². The molecule has 6 heteroatoms. The maximum Gasteiger partial charge on any atom is 0.238 e. The molecule has 0 aliphatic heterocycles. The Balaban J connectivity index is 2.95. The molecule has 78 valence electrons. The van der Waals surface area contributed by atoms with Crippen molar-refractivity contribution in [3.05, 3.63) is 11.2 Å². The maximum atomic E-state index is 5.94. The zero-order valence-corrected chi connectivity index (χ0v) is 9.91. The summed E-state index contributed by atoms with van der Waals surface area (Å²) in [7, 11) is 0. The van der Waals surface area contributed by atoms with Gasteiger partial charge in [0.2, 0.25) is 5.95 Å². The van der Waals surface area contributed by atoms with Gasteiger partial charge >= 0.3 is 0 Å². The van der Waals surface area contributed by atoms with Crippen molar-refractivity contribution in [3.8, 4) is 0 Å². The van der Waals surface area contributed by atoms with Crippen LogP contribution in [0.3, 0.4) is 0 Å². The highest BCUT2D eigenvalue weighted by atomic mass is 35.5. The van der Waals surface area contributed by atoms with Crippen LogP contribution in [0.15, 0.2) is 11.2 Å². The summed E-state index contributed by atoms with van der Waals surface area (Å²) in [6, 6.07) is 0. The van der Waals surface area contributed by atoms with E-state index < -0.39 is 0 Å². The number of nitrogens with one attached hydrogen (secondary N) is 1. The monoisotopic (exact) mass is 232 g/mol. The van der Waals surface area contributed by atoms with E-state index in [0.29, 0.717) is 11.0 Å². The van der Waals surface area contributed by atoms with E-state index in [0.717, 1.165) is 5.03 Å². The first-order valence-electron chi connectivity index (χ1n) is 4.10. The summed E-state index contributed by atoms with van der Waals surface area (Å²) >= 11 is 7.52. The molecule has 0 saturated heterocycles. The SMILES string of the molecule is CC(C)(C)Sc1nc(NN)ncc1Cl. The van der Waals surface area contributed by atoms with Crippen LogP contribution >= 0.6 is 23.4 Å². The van der Waals surface area contributed by atoms with Crippen molar-refractivity contribution in [2.24, 2.45) is 5.84 Å². The van der Waals surface area contributed by atoms with E-state index in [2.05, 4.69) is 36.2 Å². The Kier molecular flexibility index (Phi) is 3.58. The number of aromatic nitrogens is 2. The standard InChI is InChI=1S/C8H13ClN4S/c1-8(2,3)14-6-5(9)4-11-7(12-6)13-10/h4H,10H2,1-3H3,(H,11,12,13). The average Bonchev–Trinajstić information content (AvgIpc) is 2.06. The number of rotatable bonds is 2. The zero-order chi connectivity index (χ0) is 10.8. The van der Waals surface area contributed by atoms with E-state index in [4.69, 9.17) is 17.4 Å². The second kappa shape index (κ2) is 4.33. The quantitative estimate of drug-likeness (QED) is 0.355. The Morgan fingerprint density at radius 2 is 2.14 bits per heavy atom. The Bertz CT molecular complexity index is 324. The van der Waals surface area contributed by atoms with E-state index in [9.17, 15) is 0 Å². The molecule has 0 unspecified atom stereocenters. The summed E-state index contributed by atoms with van der Waals surface area (Å²) in [6.07, 6.45) is 1.54. The number of halogens is 1. The number of hydrazine groups is 1. The molecule has 0 amide bonds. The first-order valence-corrected chi connectivity index (χ1v) is 5.30. The minimum absolute atomic E-state index is 0.0594. The molecule has 0 radical (unpaired) electrons. The first kappa shape index (κ1) is 11.6. The van der Waals surface area contributed by atoms with Gasteiger partial charge in [0.25, 0.3) is 0 Å². The van der Waals surface area contributed by atoms with Gasteiger partial charge in [-0.25, -0.2) is 15.8 Å². The van der Waals surface area contributed by atoms with Gasteiger partial charge in [-0.3, -0.25) is 5.43 Å². The zero-order valence-electron chi connectivity index (χ0n) is 8.34. The predicted molar refractivity (Wildman–Crippen MR) is 60.5 cm³/mol. The van der Waals surface area contributed by atoms with Crippen LogP contribution < -0.4 is 11.3 Å². The van der Waals surface area contributed by atoms with Gasteiger partial charge in [0.15, 0.2) is 0 Å². The molecular weight excluding hydrogens is 220 g/mol. The molecule has 1 aromatic rings. The van der Waals surface area contributed by atoms with Crippen molar-refractivity contribution in [1.82, 2.24) is 9.97 Å². The highest BCUT2D eigenvalue weighted by Crippen LogP contribution is 2.34. The molecule has 1 rings (SSSR count). The highest BCUT2D eigenvalue weighted by Gasteiger charge is 2.16. The fourth-order valence-corrected chi connectivity index (χ4v) is 1.85. The van der Waals surface area contributed by atoms with Gasteiger partial charge in [0.1, 0.15) is 5.03 Å². The number of hydrogen-bond donors (Lipinski definition) is 2. The number of thioether (sulfide) groups is 1. The van der Waals surface area contributed by atoms with E-state index >= 15 is 0 Å². The number of nitrogens with zero attached hydrogens (tertiary/aromatic N) is 2. The Morgan fingerprint density at radius 3 is 2.64 bits per heavy atom. The van der Waals surface area contributed by atoms with Crippen LogP contribution in [0.2, 0.25) is 5.02 Å². The predicted octanol–water partition coefficient (Wildman–Crippen LogP) is 2.31.